The van der Waals surface area contributed by atoms with E-state index in [0.717, 1.165) is 30.6 Å². The predicted molar refractivity (Wildman–Crippen MR) is 93.4 cm³/mol. The van der Waals surface area contributed by atoms with E-state index in [1.54, 1.807) is 0 Å². The minimum atomic E-state index is 0.000831. The van der Waals surface area contributed by atoms with E-state index in [4.69, 9.17) is 0 Å². The molecule has 1 aliphatic heterocycles. The van der Waals surface area contributed by atoms with Crippen LogP contribution in [0.2, 0.25) is 0 Å². The number of nitrogens with one attached hydrogen (secondary N) is 1. The van der Waals surface area contributed by atoms with Crippen LogP contribution < -0.4 is 10.2 Å². The van der Waals surface area contributed by atoms with Crippen molar-refractivity contribution in [2.45, 2.75) is 31.8 Å². The van der Waals surface area contributed by atoms with Gasteiger partial charge in [-0.1, -0.05) is 31.2 Å². The second-order valence-electron chi connectivity index (χ2n) is 6.31. The zero-order chi connectivity index (χ0) is 15.2. The summed E-state index contributed by atoms with van der Waals surface area (Å²) in [7, 11) is 2.14. The number of anilines is 2. The van der Waals surface area contributed by atoms with Crippen LogP contribution in [0.3, 0.4) is 0 Å². The molecule has 2 heterocycles. The van der Waals surface area contributed by atoms with E-state index in [1.165, 1.54) is 16.6 Å². The summed E-state index contributed by atoms with van der Waals surface area (Å²) >= 11 is 0. The molecule has 2 aromatic rings. The summed E-state index contributed by atoms with van der Waals surface area (Å²) in [4.78, 5) is 6.97. The van der Waals surface area contributed by atoms with Gasteiger partial charge in [-0.3, -0.25) is 4.98 Å². The fourth-order valence-corrected chi connectivity index (χ4v) is 3.58. The molecule has 1 atom stereocenters. The zero-order valence-corrected chi connectivity index (χ0v) is 13.1. The van der Waals surface area contributed by atoms with E-state index < -0.39 is 0 Å². The first-order valence-electron chi connectivity index (χ1n) is 7.97. The third-order valence-corrected chi connectivity index (χ3v) is 4.93. The molecule has 0 radical (unpaired) electrons. The monoisotopic (exact) mass is 291 g/mol. The SMILES string of the molecule is CCC1(Nc2ccc3c4c(ccnc24)CN3C)C=CC=CC1. The van der Waals surface area contributed by atoms with Gasteiger partial charge >= 0.3 is 0 Å². The van der Waals surface area contributed by atoms with Crippen LogP contribution in [0.25, 0.3) is 10.9 Å². The molecule has 3 heteroatoms. The Kier molecular flexibility index (Phi) is 2.96. The largest absolute Gasteiger partial charge is 0.374 e. The van der Waals surface area contributed by atoms with Crippen molar-refractivity contribution in [3.05, 3.63) is 54.3 Å². The molecule has 112 valence electrons. The van der Waals surface area contributed by atoms with Crippen molar-refractivity contribution in [2.75, 3.05) is 17.3 Å². The van der Waals surface area contributed by atoms with Gasteiger partial charge in [0.25, 0.3) is 0 Å². The van der Waals surface area contributed by atoms with Gasteiger partial charge in [0.15, 0.2) is 0 Å². The molecule has 2 aliphatic rings. The van der Waals surface area contributed by atoms with Crippen molar-refractivity contribution in [3.8, 4) is 0 Å². The van der Waals surface area contributed by atoms with E-state index in [-0.39, 0.29) is 5.54 Å². The lowest BCUT2D eigenvalue weighted by Crippen LogP contribution is -2.35. The summed E-state index contributed by atoms with van der Waals surface area (Å²) in [6.07, 6.45) is 12.8. The number of benzene rings is 1. The van der Waals surface area contributed by atoms with Crippen molar-refractivity contribution in [1.29, 1.82) is 0 Å². The fraction of sp³-hybridized carbons (Fsp3) is 0.316. The van der Waals surface area contributed by atoms with Gasteiger partial charge in [-0.15, -0.1) is 0 Å². The molecule has 0 saturated heterocycles. The van der Waals surface area contributed by atoms with Crippen LogP contribution in [0.4, 0.5) is 11.4 Å². The standard InChI is InChI=1S/C19H21N3/c1-3-19(10-5-4-6-11-19)21-15-7-8-16-17-14(13-22(16)2)9-12-20-18(15)17/h4-10,12,21H,3,11,13H2,1-2H3. The Labute approximate surface area is 131 Å². The molecule has 0 saturated carbocycles. The number of hydrogen-bond acceptors (Lipinski definition) is 3. The lowest BCUT2D eigenvalue weighted by Gasteiger charge is -2.33. The molecule has 0 fully saturated rings. The van der Waals surface area contributed by atoms with Crippen LogP contribution in [0.1, 0.15) is 25.3 Å². The number of hydrogen-bond donors (Lipinski definition) is 1. The van der Waals surface area contributed by atoms with Crippen molar-refractivity contribution in [2.24, 2.45) is 0 Å². The Balaban J connectivity index is 1.82. The number of aromatic nitrogens is 1. The number of pyridine rings is 1. The van der Waals surface area contributed by atoms with Crippen LogP contribution in [-0.2, 0) is 6.54 Å². The van der Waals surface area contributed by atoms with Gasteiger partial charge < -0.3 is 10.2 Å². The Morgan fingerprint density at radius 2 is 2.18 bits per heavy atom. The maximum atomic E-state index is 4.68. The van der Waals surface area contributed by atoms with Gasteiger partial charge in [0.1, 0.15) is 0 Å². The van der Waals surface area contributed by atoms with Crippen molar-refractivity contribution in [3.63, 3.8) is 0 Å². The van der Waals surface area contributed by atoms with Crippen LogP contribution in [0.5, 0.6) is 0 Å². The van der Waals surface area contributed by atoms with Gasteiger partial charge in [0, 0.05) is 30.9 Å². The molecule has 0 spiro atoms. The normalized spacial score (nSPS) is 22.5. The highest BCUT2D eigenvalue weighted by molar-refractivity contribution is 6.03. The molecule has 0 bridgehead atoms. The molecule has 1 aliphatic carbocycles. The first-order valence-corrected chi connectivity index (χ1v) is 7.97. The van der Waals surface area contributed by atoms with Crippen molar-refractivity contribution in [1.82, 2.24) is 4.98 Å². The third-order valence-electron chi connectivity index (χ3n) is 4.93. The number of allylic oxidation sites excluding steroid dienone is 2. The molecule has 1 aromatic heterocycles. The highest BCUT2D eigenvalue weighted by atomic mass is 15.1. The van der Waals surface area contributed by atoms with Gasteiger partial charge in [-0.2, -0.15) is 0 Å². The molecular formula is C19H21N3. The van der Waals surface area contributed by atoms with Crippen LogP contribution in [-0.4, -0.2) is 17.6 Å². The first kappa shape index (κ1) is 13.4. The summed E-state index contributed by atoms with van der Waals surface area (Å²) in [6, 6.07) is 6.53. The van der Waals surface area contributed by atoms with E-state index in [1.807, 2.05) is 6.20 Å². The molecule has 3 nitrogen and oxygen atoms in total. The third kappa shape index (κ3) is 1.92. The molecule has 22 heavy (non-hydrogen) atoms. The Morgan fingerprint density at radius 1 is 1.27 bits per heavy atom. The van der Waals surface area contributed by atoms with E-state index in [9.17, 15) is 0 Å². The molecule has 0 amide bonds. The van der Waals surface area contributed by atoms with E-state index >= 15 is 0 Å². The quantitative estimate of drug-likeness (QED) is 0.915. The summed E-state index contributed by atoms with van der Waals surface area (Å²) in [5.74, 6) is 0. The van der Waals surface area contributed by atoms with Crippen LogP contribution in [0.15, 0.2) is 48.7 Å². The van der Waals surface area contributed by atoms with Crippen LogP contribution >= 0.6 is 0 Å². The first-order chi connectivity index (χ1) is 10.7. The average molecular weight is 291 g/mol. The zero-order valence-electron chi connectivity index (χ0n) is 13.1. The van der Waals surface area contributed by atoms with E-state index in [0.29, 0.717) is 0 Å². The molecule has 4 rings (SSSR count). The second-order valence-corrected chi connectivity index (χ2v) is 6.31. The molecule has 1 N–H and O–H groups in total. The predicted octanol–water partition coefficient (Wildman–Crippen LogP) is 4.26. The highest BCUT2D eigenvalue weighted by Crippen LogP contribution is 2.40. The summed E-state index contributed by atoms with van der Waals surface area (Å²) in [6.45, 7) is 3.21. The number of nitrogens with zero attached hydrogens (tertiary/aromatic N) is 2. The van der Waals surface area contributed by atoms with Gasteiger partial charge in [0.2, 0.25) is 0 Å². The Bertz CT molecular complexity index is 791. The second kappa shape index (κ2) is 4.87. The summed E-state index contributed by atoms with van der Waals surface area (Å²) in [5, 5.41) is 5.07. The molecular weight excluding hydrogens is 270 g/mol. The smallest absolute Gasteiger partial charge is 0.0957 e. The van der Waals surface area contributed by atoms with Crippen LogP contribution in [0, 0.1) is 0 Å². The minimum Gasteiger partial charge on any atom is -0.374 e. The maximum absolute atomic E-state index is 4.68. The van der Waals surface area contributed by atoms with Crippen molar-refractivity contribution < 1.29 is 0 Å². The lowest BCUT2D eigenvalue weighted by atomic mass is 9.88. The maximum Gasteiger partial charge on any atom is 0.0957 e. The average Bonchev–Trinajstić information content (AvgIpc) is 2.88. The Morgan fingerprint density at radius 3 is 2.95 bits per heavy atom. The summed E-state index contributed by atoms with van der Waals surface area (Å²) < 4.78 is 0. The molecule has 1 unspecified atom stereocenters. The van der Waals surface area contributed by atoms with Gasteiger partial charge in [-0.05, 0) is 36.6 Å². The Hall–Kier alpha value is -2.29. The van der Waals surface area contributed by atoms with Crippen molar-refractivity contribution >= 4 is 22.3 Å². The topological polar surface area (TPSA) is 28.2 Å². The molecule has 1 aromatic carbocycles. The van der Waals surface area contributed by atoms with Gasteiger partial charge in [-0.25, -0.2) is 0 Å². The minimum absolute atomic E-state index is 0.000831. The van der Waals surface area contributed by atoms with E-state index in [2.05, 4.69) is 71.7 Å². The number of rotatable bonds is 3. The summed E-state index contributed by atoms with van der Waals surface area (Å²) in [5.41, 5.74) is 4.89. The highest BCUT2D eigenvalue weighted by Gasteiger charge is 2.27. The lowest BCUT2D eigenvalue weighted by molar-refractivity contribution is 0.558. The van der Waals surface area contributed by atoms with Gasteiger partial charge in [0.05, 0.1) is 16.7 Å². The fourth-order valence-electron chi connectivity index (χ4n) is 3.58.